The van der Waals surface area contributed by atoms with Gasteiger partial charge in [-0.25, -0.2) is 16.5 Å². The van der Waals surface area contributed by atoms with Crippen molar-refractivity contribution >= 4 is 186 Å². The van der Waals surface area contributed by atoms with Crippen LogP contribution in [-0.2, 0) is 17.8 Å². The van der Waals surface area contributed by atoms with Crippen LogP contribution < -0.4 is 58.5 Å². The summed E-state index contributed by atoms with van der Waals surface area (Å²) in [5.41, 5.74) is 20.5. The lowest BCUT2D eigenvalue weighted by Gasteiger charge is -2.11. The molecule has 0 fully saturated rings. The summed E-state index contributed by atoms with van der Waals surface area (Å²) in [5.74, 6) is 11.1. The monoisotopic (exact) mass is 1950 g/mol. The lowest BCUT2D eigenvalue weighted by molar-refractivity contribution is -0.131. The van der Waals surface area contributed by atoms with E-state index in [4.69, 9.17) is 54.7 Å². The molecule has 0 aliphatic carbocycles. The van der Waals surface area contributed by atoms with Gasteiger partial charge in [0.2, 0.25) is 23.6 Å². The number of halogens is 9. The van der Waals surface area contributed by atoms with Gasteiger partial charge in [0.05, 0.1) is 12.7 Å². The zero-order valence-corrected chi connectivity index (χ0v) is 68.0. The van der Waals surface area contributed by atoms with Gasteiger partial charge in [-0.1, -0.05) is 79.6 Å². The third-order valence-electron chi connectivity index (χ3n) is 12.8. The van der Waals surface area contributed by atoms with Crippen molar-refractivity contribution in [2.75, 3.05) is 20.6 Å². The number of nitrogens with two attached hydrogens (primary N) is 2. The highest BCUT2D eigenvalue weighted by Gasteiger charge is 2.15. The molecule has 2 aromatic heterocycles. The minimum absolute atomic E-state index is 0. The van der Waals surface area contributed by atoms with Gasteiger partial charge in [0.15, 0.2) is 13.5 Å². The third kappa shape index (κ3) is 31.7. The van der Waals surface area contributed by atoms with E-state index in [2.05, 4.69) is 148 Å². The minimum atomic E-state index is -3.72. The van der Waals surface area contributed by atoms with E-state index in [9.17, 15) is 33.6 Å². The van der Waals surface area contributed by atoms with Crippen molar-refractivity contribution in [2.24, 2.45) is 11.7 Å². The Morgan fingerprint density at radius 3 is 0.953 bits per heavy atom. The van der Waals surface area contributed by atoms with E-state index in [0.29, 0.717) is 74.2 Å². The normalized spacial score (nSPS) is 10.1. The third-order valence-corrected chi connectivity index (χ3v) is 15.6. The predicted molar refractivity (Wildman–Crippen MR) is 425 cm³/mol. The minimum Gasteiger partial charge on any atom is -0.477 e. The first-order valence-corrected chi connectivity index (χ1v) is 37.0. The van der Waals surface area contributed by atoms with Crippen molar-refractivity contribution < 1.29 is 69.8 Å². The van der Waals surface area contributed by atoms with Crippen LogP contribution in [0.1, 0.15) is 69.1 Å². The van der Waals surface area contributed by atoms with Crippen LogP contribution in [0.25, 0.3) is 45.8 Å². The van der Waals surface area contributed by atoms with Crippen LogP contribution >= 0.6 is 137 Å². The Labute approximate surface area is 678 Å². The molecule has 9 aromatic carbocycles. The SMILES string of the molecule is Brc1ccc(-c2nnc(-c3ccc(-c4nnc(-c5ccc(Br)cc5)o4)cc3)o2)cc1.COC(=O)c1ccc(OC(C)=O)cc1.I.NNC(=O)c1ccc(C(=O)NN)cc1.O=C(Cl)c1ccc(Br)cc1.O=C(NNCOc1ccc(C(=O)NNCOc2ccc(Br)cc2)cc1)c1ccc(Br)cc1.O=S(=O)(Cl)Cl. The maximum Gasteiger partial charge on any atom is 0.337 e. The number of benzene rings is 9. The zero-order valence-electron chi connectivity index (χ0n) is 54.6. The molecule has 0 saturated heterocycles. The topological polar surface area (TPSA) is 393 Å². The van der Waals surface area contributed by atoms with E-state index in [0.717, 1.165) is 44.6 Å². The molecular weight excluding hydrogens is 1900 g/mol. The van der Waals surface area contributed by atoms with E-state index in [1.807, 2.05) is 108 Å². The van der Waals surface area contributed by atoms with Crippen molar-refractivity contribution in [3.05, 3.63) is 274 Å². The summed E-state index contributed by atoms with van der Waals surface area (Å²) in [6, 6.07) is 62.8. The van der Waals surface area contributed by atoms with E-state index in [-0.39, 0.29) is 49.3 Å². The highest BCUT2D eigenvalue weighted by atomic mass is 127. The fraction of sp³-hybridized carbons (Fsp3) is 0.0580. The number of carbonyl (C=O) groups excluding carboxylic acids is 7. The second-order valence-corrected chi connectivity index (χ2v) is 28.6. The van der Waals surface area contributed by atoms with Gasteiger partial charge in [-0.2, -0.15) is 19.3 Å². The van der Waals surface area contributed by atoms with Gasteiger partial charge in [0, 0.05) is 101 Å². The van der Waals surface area contributed by atoms with Gasteiger partial charge in [-0.3, -0.25) is 50.5 Å². The predicted octanol–water partition coefficient (Wildman–Crippen LogP) is 14.8. The number of amides is 4. The molecule has 0 atom stereocenters. The standard InChI is InChI=1S/C22H20Br2N4O4.C22H12Br2N4O2.C10H10O4.C8H10N4O2.C7H4BrClO.Cl2O2S.HI/c23-17-5-1-15(2-6-17)21(29)27-25-13-31-19-9-3-16(4-10-19)22(30)28-26-14-32-20-11-7-18(24)8-12-20;23-17-9-5-15(6-10-17)21-27-25-19(29-21)13-1-2-14(4-3-13)20-26-28-22(30-20)16-7-11-18(24)12-8-16;1-7(11)14-9-5-3-8(4-6-9)10(12)13-2;9-11-7(13)5-1-2-6(4-3-5)8(14)12-10;8-6-3-1-5(2-4-6)7(9)10;1-5(2,3)4;/h1-12,25-26H,13-14H2,(H,27,29)(H,28,30);1-12H;3-6H,1-2H3;1-4H,9-10H2,(H,11,13)(H,12,14);1-4H;;1H. The molecule has 2 heterocycles. The van der Waals surface area contributed by atoms with E-state index < -0.39 is 37.3 Å². The van der Waals surface area contributed by atoms with Crippen molar-refractivity contribution in [1.29, 1.82) is 0 Å². The Bertz CT molecular complexity index is 4640. The number of methoxy groups -OCH3 is 1. The number of nitrogens with one attached hydrogen (secondary N) is 6. The van der Waals surface area contributed by atoms with Crippen LogP contribution in [-0.4, -0.2) is 90.2 Å². The highest BCUT2D eigenvalue weighted by molar-refractivity contribution is 14.0. The smallest absolute Gasteiger partial charge is 0.337 e. The van der Waals surface area contributed by atoms with E-state index in [1.54, 1.807) is 72.8 Å². The number of hydrazine groups is 4. The van der Waals surface area contributed by atoms with Crippen LogP contribution in [0.2, 0.25) is 0 Å². The summed E-state index contributed by atoms with van der Waals surface area (Å²) in [6.07, 6.45) is 0. The molecule has 0 bridgehead atoms. The summed E-state index contributed by atoms with van der Waals surface area (Å²) in [5, 5.41) is 16.2. The molecule has 106 heavy (non-hydrogen) atoms. The first-order valence-electron chi connectivity index (χ1n) is 29.5. The summed E-state index contributed by atoms with van der Waals surface area (Å²) >= 11 is 22.0. The summed E-state index contributed by atoms with van der Waals surface area (Å²) in [7, 11) is 6.12. The Hall–Kier alpha value is -8.86. The Morgan fingerprint density at radius 1 is 0.406 bits per heavy atom. The van der Waals surface area contributed by atoms with Crippen LogP contribution in [0.15, 0.2) is 250 Å². The quantitative estimate of drug-likeness (QED) is 0.00429. The second-order valence-electron chi connectivity index (χ2n) is 20.0. The molecule has 37 heteroatoms. The van der Waals surface area contributed by atoms with Gasteiger partial charge in [-0.05, 0) is 230 Å². The number of rotatable bonds is 19. The molecule has 10 N–H and O–H groups in total. The summed E-state index contributed by atoms with van der Waals surface area (Å²) < 4.78 is 55.0. The molecule has 11 rings (SSSR count). The van der Waals surface area contributed by atoms with Crippen LogP contribution in [0.5, 0.6) is 17.2 Å². The zero-order chi connectivity index (χ0) is 76.4. The molecule has 552 valence electrons. The Morgan fingerprint density at radius 2 is 0.651 bits per heavy atom. The number of hydrogen-bond acceptors (Lipinski definition) is 23. The van der Waals surface area contributed by atoms with E-state index in [1.165, 1.54) is 62.6 Å². The maximum absolute atomic E-state index is 12.2. The number of nitrogens with zero attached hydrogens (tertiary/aromatic N) is 4. The molecule has 27 nitrogen and oxygen atoms in total. The Balaban J connectivity index is 0.000000248. The first kappa shape index (κ1) is 87.8. The molecule has 0 aliphatic rings. The lowest BCUT2D eigenvalue weighted by Crippen LogP contribution is -2.40. The molecule has 0 spiro atoms. The van der Waals surface area contributed by atoms with Gasteiger partial charge in [0.25, 0.3) is 28.9 Å². The van der Waals surface area contributed by atoms with Crippen molar-refractivity contribution in [3.8, 4) is 63.1 Å². The van der Waals surface area contributed by atoms with Crippen molar-refractivity contribution in [3.63, 3.8) is 0 Å². The van der Waals surface area contributed by atoms with Gasteiger partial charge in [0.1, 0.15) is 17.2 Å². The average Bonchev–Trinajstić information content (AvgIpc) is 1.67. The molecule has 0 aliphatic heterocycles. The van der Waals surface area contributed by atoms with Gasteiger partial charge < -0.3 is 27.8 Å². The van der Waals surface area contributed by atoms with Crippen molar-refractivity contribution in [1.82, 2.24) is 52.9 Å². The van der Waals surface area contributed by atoms with Crippen LogP contribution in [0, 0.1) is 0 Å². The van der Waals surface area contributed by atoms with Gasteiger partial charge in [-0.15, -0.1) is 44.4 Å². The maximum atomic E-state index is 12.2. The highest BCUT2D eigenvalue weighted by Crippen LogP contribution is 2.30. The molecular formula is C69H57Br5Cl3IN12O15S. The number of esters is 2. The number of nitrogen functional groups attached to an aromatic ring is 2. The molecule has 4 amide bonds. The summed E-state index contributed by atoms with van der Waals surface area (Å²) in [6.45, 7) is 1.49. The summed E-state index contributed by atoms with van der Waals surface area (Å²) in [4.78, 5) is 78.3. The number of aromatic nitrogens is 4. The van der Waals surface area contributed by atoms with Gasteiger partial charge >= 0.3 is 20.2 Å². The number of ether oxygens (including phenoxy) is 4. The molecule has 0 unspecified atom stereocenters. The second kappa shape index (κ2) is 45.6. The lowest BCUT2D eigenvalue weighted by atomic mass is 10.1. The van der Waals surface area contributed by atoms with E-state index >= 15 is 0 Å². The fourth-order valence-electron chi connectivity index (χ4n) is 7.77. The average molecular weight is 1960 g/mol. The molecule has 11 aromatic rings. The molecule has 0 radical (unpaired) electrons. The van der Waals surface area contributed by atoms with Crippen LogP contribution in [0.3, 0.4) is 0 Å². The largest absolute Gasteiger partial charge is 0.477 e. The van der Waals surface area contributed by atoms with Crippen molar-refractivity contribution in [2.45, 2.75) is 6.92 Å². The van der Waals surface area contributed by atoms with Crippen LogP contribution in [0.4, 0.5) is 0 Å². The first-order chi connectivity index (χ1) is 50.2. The number of carbonyl (C=O) groups is 7. The fourth-order valence-corrected chi connectivity index (χ4v) is 9.22. The number of hydrogen-bond donors (Lipinski definition) is 8. The molecule has 0 saturated carbocycles. The Kier molecular flexibility index (Phi) is 37.8.